The number of rotatable bonds is 5. The molecule has 2 nitrogen and oxygen atoms in total. The number of aromatic nitrogens is 1. The highest BCUT2D eigenvalue weighted by molar-refractivity contribution is 9.10. The van der Waals surface area contributed by atoms with Crippen LogP contribution in [0.25, 0.3) is 0 Å². The van der Waals surface area contributed by atoms with Crippen molar-refractivity contribution in [3.8, 4) is 0 Å². The van der Waals surface area contributed by atoms with Gasteiger partial charge >= 0.3 is 0 Å². The average Bonchev–Trinajstić information content (AvgIpc) is 2.41. The Labute approximate surface area is 120 Å². The van der Waals surface area contributed by atoms with Crippen LogP contribution >= 0.6 is 15.9 Å². The molecule has 100 valence electrons. The molecule has 0 radical (unpaired) electrons. The molecular weight excluding hydrogens is 309 g/mol. The molecule has 0 aliphatic rings. The minimum atomic E-state index is -0.545. The summed E-state index contributed by atoms with van der Waals surface area (Å²) in [5, 5.41) is 9.96. The van der Waals surface area contributed by atoms with Crippen LogP contribution in [0.5, 0.6) is 0 Å². The maximum absolute atomic E-state index is 13.6. The number of aryl methyl sites for hydroxylation is 1. The Morgan fingerprint density at radius 1 is 1.32 bits per heavy atom. The molecule has 4 heteroatoms. The molecule has 0 fully saturated rings. The summed E-state index contributed by atoms with van der Waals surface area (Å²) in [6.45, 7) is 0. The molecule has 1 atom stereocenters. The number of halogens is 2. The summed E-state index contributed by atoms with van der Waals surface area (Å²) in [5.41, 5.74) is 1.62. The fourth-order valence-corrected chi connectivity index (χ4v) is 2.26. The SMILES string of the molecule is OC(CCc1cccnc1)Cc1ccc(Br)cc1F. The van der Waals surface area contributed by atoms with Gasteiger partial charge in [-0.05, 0) is 42.2 Å². The van der Waals surface area contributed by atoms with Gasteiger partial charge in [0.15, 0.2) is 0 Å². The predicted octanol–water partition coefficient (Wildman–Crippen LogP) is 3.52. The van der Waals surface area contributed by atoms with Crippen molar-refractivity contribution in [3.05, 3.63) is 64.1 Å². The lowest BCUT2D eigenvalue weighted by Crippen LogP contribution is -2.12. The van der Waals surface area contributed by atoms with Gasteiger partial charge in [0.1, 0.15) is 5.82 Å². The van der Waals surface area contributed by atoms with Gasteiger partial charge in [0.25, 0.3) is 0 Å². The fourth-order valence-electron chi connectivity index (χ4n) is 1.92. The molecule has 19 heavy (non-hydrogen) atoms. The van der Waals surface area contributed by atoms with Gasteiger partial charge in [-0.3, -0.25) is 4.98 Å². The van der Waals surface area contributed by atoms with Crippen molar-refractivity contribution in [2.45, 2.75) is 25.4 Å². The van der Waals surface area contributed by atoms with Crippen LogP contribution in [0.4, 0.5) is 4.39 Å². The number of nitrogens with zero attached hydrogens (tertiary/aromatic N) is 1. The Morgan fingerprint density at radius 2 is 2.16 bits per heavy atom. The van der Waals surface area contributed by atoms with E-state index in [0.717, 1.165) is 12.0 Å². The average molecular weight is 324 g/mol. The zero-order valence-electron chi connectivity index (χ0n) is 10.4. The van der Waals surface area contributed by atoms with Gasteiger partial charge in [-0.2, -0.15) is 0 Å². The third kappa shape index (κ3) is 4.40. The van der Waals surface area contributed by atoms with Gasteiger partial charge in [-0.25, -0.2) is 4.39 Å². The van der Waals surface area contributed by atoms with Crippen molar-refractivity contribution in [1.29, 1.82) is 0 Å². The molecule has 0 aliphatic heterocycles. The number of aliphatic hydroxyl groups is 1. The maximum Gasteiger partial charge on any atom is 0.127 e. The monoisotopic (exact) mass is 323 g/mol. The number of hydrogen-bond donors (Lipinski definition) is 1. The molecule has 0 aliphatic carbocycles. The first kappa shape index (κ1) is 14.2. The highest BCUT2D eigenvalue weighted by Gasteiger charge is 2.10. The van der Waals surface area contributed by atoms with Gasteiger partial charge < -0.3 is 5.11 Å². The van der Waals surface area contributed by atoms with Crippen LogP contribution < -0.4 is 0 Å². The van der Waals surface area contributed by atoms with Crippen molar-refractivity contribution in [1.82, 2.24) is 4.98 Å². The van der Waals surface area contributed by atoms with Gasteiger partial charge in [-0.1, -0.05) is 28.1 Å². The second-order valence-electron chi connectivity index (χ2n) is 4.49. The molecule has 1 aromatic carbocycles. The van der Waals surface area contributed by atoms with Crippen LogP contribution in [0.2, 0.25) is 0 Å². The Morgan fingerprint density at radius 3 is 2.84 bits per heavy atom. The third-order valence-electron chi connectivity index (χ3n) is 2.96. The Balaban J connectivity index is 1.89. The van der Waals surface area contributed by atoms with E-state index in [9.17, 15) is 9.50 Å². The fraction of sp³-hybridized carbons (Fsp3) is 0.267. The number of pyridine rings is 1. The van der Waals surface area contributed by atoms with Crippen molar-refractivity contribution in [2.75, 3.05) is 0 Å². The van der Waals surface area contributed by atoms with Gasteiger partial charge in [0, 0.05) is 23.3 Å². The standard InChI is InChI=1S/C15H15BrFNO/c16-13-5-4-12(15(17)9-13)8-14(19)6-3-11-2-1-7-18-10-11/h1-2,4-5,7,9-10,14,19H,3,6,8H2. The lowest BCUT2D eigenvalue weighted by atomic mass is 10.0. The third-order valence-corrected chi connectivity index (χ3v) is 3.45. The van der Waals surface area contributed by atoms with Crippen molar-refractivity contribution < 1.29 is 9.50 Å². The first-order valence-electron chi connectivity index (χ1n) is 6.16. The topological polar surface area (TPSA) is 33.1 Å². The van der Waals surface area contributed by atoms with Crippen LogP contribution in [-0.4, -0.2) is 16.2 Å². The van der Waals surface area contributed by atoms with Crippen LogP contribution in [0.1, 0.15) is 17.5 Å². The lowest BCUT2D eigenvalue weighted by molar-refractivity contribution is 0.164. The first-order valence-corrected chi connectivity index (χ1v) is 6.95. The summed E-state index contributed by atoms with van der Waals surface area (Å²) >= 11 is 3.21. The van der Waals surface area contributed by atoms with E-state index in [1.807, 2.05) is 12.1 Å². The number of hydrogen-bond acceptors (Lipinski definition) is 2. The normalized spacial score (nSPS) is 12.4. The number of benzene rings is 1. The molecule has 0 amide bonds. The zero-order valence-corrected chi connectivity index (χ0v) is 12.0. The smallest absolute Gasteiger partial charge is 0.127 e. The van der Waals surface area contributed by atoms with E-state index in [1.165, 1.54) is 6.07 Å². The van der Waals surface area contributed by atoms with Gasteiger partial charge in [-0.15, -0.1) is 0 Å². The van der Waals surface area contributed by atoms with E-state index in [2.05, 4.69) is 20.9 Å². The molecule has 0 saturated heterocycles. The minimum Gasteiger partial charge on any atom is -0.393 e. The summed E-state index contributed by atoms with van der Waals surface area (Å²) in [4.78, 5) is 4.02. The Kier molecular flexibility index (Phi) is 5.05. The van der Waals surface area contributed by atoms with E-state index in [-0.39, 0.29) is 5.82 Å². The molecule has 1 aromatic heterocycles. The van der Waals surface area contributed by atoms with Crippen LogP contribution in [-0.2, 0) is 12.8 Å². The first-order chi connectivity index (χ1) is 9.15. The van der Waals surface area contributed by atoms with E-state index >= 15 is 0 Å². The zero-order chi connectivity index (χ0) is 13.7. The van der Waals surface area contributed by atoms with Crippen molar-refractivity contribution in [2.24, 2.45) is 0 Å². The molecule has 0 bridgehead atoms. The molecule has 1 heterocycles. The minimum absolute atomic E-state index is 0.283. The van der Waals surface area contributed by atoms with Crippen molar-refractivity contribution >= 4 is 15.9 Å². The number of aliphatic hydroxyl groups excluding tert-OH is 1. The second kappa shape index (κ2) is 6.78. The molecule has 0 spiro atoms. The van der Waals surface area contributed by atoms with Gasteiger partial charge in [0.2, 0.25) is 0 Å². The Hall–Kier alpha value is -1.26. The largest absolute Gasteiger partial charge is 0.393 e. The lowest BCUT2D eigenvalue weighted by Gasteiger charge is -2.11. The molecule has 0 saturated carbocycles. The van der Waals surface area contributed by atoms with E-state index in [4.69, 9.17) is 0 Å². The van der Waals surface area contributed by atoms with Crippen LogP contribution in [0, 0.1) is 5.82 Å². The second-order valence-corrected chi connectivity index (χ2v) is 5.41. The van der Waals surface area contributed by atoms with E-state index in [0.29, 0.717) is 22.9 Å². The van der Waals surface area contributed by atoms with E-state index < -0.39 is 6.10 Å². The predicted molar refractivity (Wildman–Crippen MR) is 76.4 cm³/mol. The molecule has 1 unspecified atom stereocenters. The molecular formula is C15H15BrFNO. The summed E-state index contributed by atoms with van der Waals surface area (Å²) in [6.07, 6.45) is 4.63. The van der Waals surface area contributed by atoms with E-state index in [1.54, 1.807) is 24.5 Å². The quantitative estimate of drug-likeness (QED) is 0.913. The maximum atomic E-state index is 13.6. The summed E-state index contributed by atoms with van der Waals surface area (Å²) in [6, 6.07) is 8.75. The molecule has 1 N–H and O–H groups in total. The molecule has 2 aromatic rings. The van der Waals surface area contributed by atoms with Gasteiger partial charge in [0.05, 0.1) is 6.10 Å². The highest BCUT2D eigenvalue weighted by atomic mass is 79.9. The Bertz CT molecular complexity index is 533. The van der Waals surface area contributed by atoms with Crippen LogP contribution in [0.15, 0.2) is 47.2 Å². The summed E-state index contributed by atoms with van der Waals surface area (Å²) in [7, 11) is 0. The highest BCUT2D eigenvalue weighted by Crippen LogP contribution is 2.17. The van der Waals surface area contributed by atoms with Crippen LogP contribution in [0.3, 0.4) is 0 Å². The van der Waals surface area contributed by atoms with Crippen molar-refractivity contribution in [3.63, 3.8) is 0 Å². The summed E-state index contributed by atoms with van der Waals surface area (Å²) < 4.78 is 14.3. The molecule has 2 rings (SSSR count). The summed E-state index contributed by atoms with van der Waals surface area (Å²) in [5.74, 6) is -0.283.